The first-order chi connectivity index (χ1) is 14.2. The molecule has 1 heterocycles. The third kappa shape index (κ3) is 3.82. The number of carboxylic acids is 1. The summed E-state index contributed by atoms with van der Waals surface area (Å²) in [4.78, 5) is 11.9. The van der Waals surface area contributed by atoms with Gasteiger partial charge in [-0.2, -0.15) is 0 Å². The summed E-state index contributed by atoms with van der Waals surface area (Å²) in [5, 5.41) is 9.74. The average Bonchev–Trinajstić information content (AvgIpc) is 2.77. The predicted octanol–water partition coefficient (Wildman–Crippen LogP) is 4.24. The summed E-state index contributed by atoms with van der Waals surface area (Å²) in [7, 11) is 1.54. The highest BCUT2D eigenvalue weighted by Gasteiger charge is 2.40. The van der Waals surface area contributed by atoms with Crippen molar-refractivity contribution in [1.29, 1.82) is 0 Å². The third-order valence-corrected chi connectivity index (χ3v) is 4.64. The maximum Gasteiger partial charge on any atom is 0.349 e. The number of para-hydroxylation sites is 3. The van der Waals surface area contributed by atoms with Crippen LogP contribution < -0.4 is 18.9 Å². The summed E-state index contributed by atoms with van der Waals surface area (Å²) in [6, 6.07) is 22.0. The molecule has 0 aromatic heterocycles. The molecule has 0 bridgehead atoms. The summed E-state index contributed by atoms with van der Waals surface area (Å²) in [5.41, 5.74) is 1.52. The summed E-state index contributed by atoms with van der Waals surface area (Å²) in [5.74, 6) is 0.669. The van der Waals surface area contributed by atoms with Gasteiger partial charge in [0.1, 0.15) is 6.61 Å². The number of aliphatic carboxylic acids is 1. The van der Waals surface area contributed by atoms with Crippen LogP contribution in [0.4, 0.5) is 0 Å². The minimum absolute atomic E-state index is 0.302. The van der Waals surface area contributed by atoms with E-state index in [-0.39, 0.29) is 0 Å². The van der Waals surface area contributed by atoms with Gasteiger partial charge in [0.2, 0.25) is 6.10 Å². The van der Waals surface area contributed by atoms with Crippen LogP contribution in [-0.2, 0) is 11.4 Å². The summed E-state index contributed by atoms with van der Waals surface area (Å²) in [6.07, 6.45) is -2.13. The van der Waals surface area contributed by atoms with Crippen LogP contribution in [0.3, 0.4) is 0 Å². The van der Waals surface area contributed by atoms with E-state index in [1.54, 1.807) is 42.5 Å². The lowest BCUT2D eigenvalue weighted by molar-refractivity contribution is -0.151. The smallest absolute Gasteiger partial charge is 0.349 e. The molecule has 6 nitrogen and oxygen atoms in total. The Labute approximate surface area is 168 Å². The van der Waals surface area contributed by atoms with E-state index in [4.69, 9.17) is 18.9 Å². The highest BCUT2D eigenvalue weighted by molar-refractivity contribution is 5.75. The highest BCUT2D eigenvalue weighted by Crippen LogP contribution is 2.44. The molecular weight excluding hydrogens is 372 g/mol. The normalized spacial score (nSPS) is 17.4. The van der Waals surface area contributed by atoms with Crippen molar-refractivity contribution in [2.24, 2.45) is 0 Å². The van der Waals surface area contributed by atoms with Gasteiger partial charge >= 0.3 is 5.97 Å². The number of methoxy groups -OCH3 is 1. The molecule has 0 radical (unpaired) electrons. The predicted molar refractivity (Wildman–Crippen MR) is 106 cm³/mol. The Morgan fingerprint density at radius 3 is 2.31 bits per heavy atom. The van der Waals surface area contributed by atoms with Gasteiger partial charge in [0, 0.05) is 5.56 Å². The summed E-state index contributed by atoms with van der Waals surface area (Å²) in [6.45, 7) is 0.302. The van der Waals surface area contributed by atoms with Gasteiger partial charge in [-0.1, -0.05) is 54.6 Å². The molecular formula is C23H20O6. The third-order valence-electron chi connectivity index (χ3n) is 4.64. The summed E-state index contributed by atoms with van der Waals surface area (Å²) < 4.78 is 23.3. The molecule has 4 rings (SSSR count). The number of carbonyl (C=O) groups is 1. The van der Waals surface area contributed by atoms with E-state index in [0.29, 0.717) is 35.2 Å². The van der Waals surface area contributed by atoms with Crippen molar-refractivity contribution in [3.8, 4) is 23.0 Å². The topological polar surface area (TPSA) is 74.2 Å². The molecule has 6 heteroatoms. The second-order valence-electron chi connectivity index (χ2n) is 6.51. The maximum absolute atomic E-state index is 11.9. The zero-order chi connectivity index (χ0) is 20.2. The Morgan fingerprint density at radius 1 is 0.931 bits per heavy atom. The molecule has 2 unspecified atom stereocenters. The SMILES string of the molecule is COc1cccc(C2Oc3ccccc3OC2C(=O)O)c1OCc1ccccc1. The Bertz CT molecular complexity index is 1000. The van der Waals surface area contributed by atoms with Crippen molar-refractivity contribution in [3.63, 3.8) is 0 Å². The van der Waals surface area contributed by atoms with Crippen LogP contribution >= 0.6 is 0 Å². The van der Waals surface area contributed by atoms with Crippen molar-refractivity contribution in [3.05, 3.63) is 83.9 Å². The van der Waals surface area contributed by atoms with E-state index in [1.165, 1.54) is 7.11 Å². The maximum atomic E-state index is 11.9. The van der Waals surface area contributed by atoms with Crippen molar-refractivity contribution >= 4 is 5.97 Å². The van der Waals surface area contributed by atoms with Gasteiger partial charge in [-0.05, 0) is 23.8 Å². The fraction of sp³-hybridized carbons (Fsp3) is 0.174. The quantitative estimate of drug-likeness (QED) is 0.676. The van der Waals surface area contributed by atoms with Gasteiger partial charge in [0.05, 0.1) is 7.11 Å². The van der Waals surface area contributed by atoms with Crippen LogP contribution in [-0.4, -0.2) is 24.3 Å². The fourth-order valence-electron chi connectivity index (χ4n) is 3.25. The number of fused-ring (bicyclic) bond motifs is 1. The molecule has 0 aliphatic carbocycles. The van der Waals surface area contributed by atoms with Crippen molar-refractivity contribution < 1.29 is 28.8 Å². The molecule has 0 fully saturated rings. The molecule has 3 aromatic rings. The number of hydrogen-bond acceptors (Lipinski definition) is 5. The molecule has 2 atom stereocenters. The Kier molecular flexibility index (Phi) is 5.24. The van der Waals surface area contributed by atoms with E-state index in [0.717, 1.165) is 5.56 Å². The van der Waals surface area contributed by atoms with Crippen molar-refractivity contribution in [2.75, 3.05) is 7.11 Å². The van der Waals surface area contributed by atoms with Crippen LogP contribution in [0.1, 0.15) is 17.2 Å². The zero-order valence-electron chi connectivity index (χ0n) is 15.8. The largest absolute Gasteiger partial charge is 0.493 e. The number of ether oxygens (including phenoxy) is 4. The van der Waals surface area contributed by atoms with Gasteiger partial charge in [-0.25, -0.2) is 4.79 Å². The molecule has 29 heavy (non-hydrogen) atoms. The van der Waals surface area contributed by atoms with Gasteiger partial charge < -0.3 is 24.1 Å². The Morgan fingerprint density at radius 2 is 1.62 bits per heavy atom. The molecule has 1 N–H and O–H groups in total. The van der Waals surface area contributed by atoms with E-state index in [2.05, 4.69) is 0 Å². The van der Waals surface area contributed by atoms with Gasteiger partial charge in [0.25, 0.3) is 0 Å². The van der Waals surface area contributed by atoms with E-state index >= 15 is 0 Å². The van der Waals surface area contributed by atoms with Gasteiger partial charge in [0.15, 0.2) is 29.1 Å². The number of rotatable bonds is 6. The fourth-order valence-corrected chi connectivity index (χ4v) is 3.25. The van der Waals surface area contributed by atoms with Crippen molar-refractivity contribution in [1.82, 2.24) is 0 Å². The minimum Gasteiger partial charge on any atom is -0.493 e. The van der Waals surface area contributed by atoms with Crippen LogP contribution in [0, 0.1) is 0 Å². The van der Waals surface area contributed by atoms with E-state index in [1.807, 2.05) is 30.3 Å². The standard InChI is InChI=1S/C23H20O6/c1-26-19-13-7-10-16(20(19)27-14-15-8-3-2-4-9-15)21-22(23(24)25)29-18-12-6-5-11-17(18)28-21/h2-13,21-22H,14H2,1H3,(H,24,25). The first-order valence-electron chi connectivity index (χ1n) is 9.16. The van der Waals surface area contributed by atoms with Crippen molar-refractivity contribution in [2.45, 2.75) is 18.8 Å². The number of carboxylic acid groups (broad SMARTS) is 1. The second-order valence-corrected chi connectivity index (χ2v) is 6.51. The average molecular weight is 392 g/mol. The molecule has 0 spiro atoms. The monoisotopic (exact) mass is 392 g/mol. The molecule has 1 aliphatic heterocycles. The van der Waals surface area contributed by atoms with E-state index in [9.17, 15) is 9.90 Å². The van der Waals surface area contributed by atoms with Crippen LogP contribution in [0.2, 0.25) is 0 Å². The zero-order valence-corrected chi connectivity index (χ0v) is 15.8. The number of benzene rings is 3. The lowest BCUT2D eigenvalue weighted by Gasteiger charge is -2.32. The highest BCUT2D eigenvalue weighted by atomic mass is 16.6. The molecule has 3 aromatic carbocycles. The number of hydrogen-bond donors (Lipinski definition) is 1. The summed E-state index contributed by atoms with van der Waals surface area (Å²) >= 11 is 0. The molecule has 0 saturated carbocycles. The first-order valence-corrected chi connectivity index (χ1v) is 9.16. The Balaban J connectivity index is 1.72. The molecule has 0 amide bonds. The Hall–Kier alpha value is -3.67. The van der Waals surface area contributed by atoms with Crippen LogP contribution in [0.15, 0.2) is 72.8 Å². The lowest BCUT2D eigenvalue weighted by atomic mass is 10.0. The van der Waals surface area contributed by atoms with Crippen LogP contribution in [0.25, 0.3) is 0 Å². The lowest BCUT2D eigenvalue weighted by Crippen LogP contribution is -2.39. The van der Waals surface area contributed by atoms with Crippen LogP contribution in [0.5, 0.6) is 23.0 Å². The molecule has 148 valence electrons. The first kappa shape index (κ1) is 18.7. The minimum atomic E-state index is -1.23. The van der Waals surface area contributed by atoms with E-state index < -0.39 is 18.2 Å². The van der Waals surface area contributed by atoms with Gasteiger partial charge in [-0.15, -0.1) is 0 Å². The molecule has 0 saturated heterocycles. The second kappa shape index (κ2) is 8.14. The molecule has 1 aliphatic rings. The van der Waals surface area contributed by atoms with Gasteiger partial charge in [-0.3, -0.25) is 0 Å².